The van der Waals surface area contributed by atoms with E-state index in [2.05, 4.69) is 17.2 Å². The highest BCUT2D eigenvalue weighted by molar-refractivity contribution is 7.11. The number of halogens is 3. The van der Waals surface area contributed by atoms with Gasteiger partial charge in [0.2, 0.25) is 0 Å². The van der Waals surface area contributed by atoms with Crippen LogP contribution >= 0.6 is 11.3 Å². The first-order chi connectivity index (χ1) is 9.90. The minimum absolute atomic E-state index is 0.0144. The molecule has 0 spiro atoms. The minimum atomic E-state index is -4.28. The molecule has 1 aromatic carbocycles. The standard InChI is InChI=1S/C15H17F3N2S/c1-3-14-20-9-13(21-14)8-19-10(2)11-4-6-12(7-5-11)15(16,17)18/h4-7,9-10,19H,3,8H2,1-2H3. The number of aromatic nitrogens is 1. The molecule has 1 unspecified atom stereocenters. The Bertz CT molecular complexity index is 575. The summed E-state index contributed by atoms with van der Waals surface area (Å²) in [5.74, 6) is 0. The SMILES string of the molecule is CCc1ncc(CNC(C)c2ccc(C(F)(F)F)cc2)s1. The second-order valence-electron chi connectivity index (χ2n) is 4.80. The first-order valence-corrected chi connectivity index (χ1v) is 7.56. The summed E-state index contributed by atoms with van der Waals surface area (Å²) in [4.78, 5) is 5.41. The molecule has 0 saturated carbocycles. The summed E-state index contributed by atoms with van der Waals surface area (Å²) in [6.45, 7) is 4.66. The molecular formula is C15H17F3N2S. The first kappa shape index (κ1) is 16.0. The maximum absolute atomic E-state index is 12.5. The van der Waals surface area contributed by atoms with Gasteiger partial charge in [-0.25, -0.2) is 4.98 Å². The third kappa shape index (κ3) is 4.28. The van der Waals surface area contributed by atoms with Crippen LogP contribution in [0.3, 0.4) is 0 Å². The van der Waals surface area contributed by atoms with E-state index in [1.807, 2.05) is 13.1 Å². The molecule has 1 heterocycles. The fraction of sp³-hybridized carbons (Fsp3) is 0.400. The zero-order valence-corrected chi connectivity index (χ0v) is 12.7. The number of benzene rings is 1. The Labute approximate surface area is 126 Å². The number of nitrogens with zero attached hydrogens (tertiary/aromatic N) is 1. The molecule has 2 nitrogen and oxygen atoms in total. The van der Waals surface area contributed by atoms with E-state index in [-0.39, 0.29) is 6.04 Å². The van der Waals surface area contributed by atoms with Crippen molar-refractivity contribution in [2.24, 2.45) is 0 Å². The average molecular weight is 314 g/mol. The summed E-state index contributed by atoms with van der Waals surface area (Å²) in [5, 5.41) is 4.39. The van der Waals surface area contributed by atoms with Crippen LogP contribution in [0.25, 0.3) is 0 Å². The van der Waals surface area contributed by atoms with Crippen molar-refractivity contribution in [3.63, 3.8) is 0 Å². The summed E-state index contributed by atoms with van der Waals surface area (Å²) in [5.41, 5.74) is 0.219. The van der Waals surface area contributed by atoms with E-state index in [0.717, 1.165) is 34.0 Å². The number of alkyl halides is 3. The number of nitrogens with one attached hydrogen (secondary N) is 1. The van der Waals surface area contributed by atoms with Crippen molar-refractivity contribution in [1.82, 2.24) is 10.3 Å². The lowest BCUT2D eigenvalue weighted by molar-refractivity contribution is -0.137. The fourth-order valence-electron chi connectivity index (χ4n) is 1.93. The van der Waals surface area contributed by atoms with Crippen molar-refractivity contribution in [3.8, 4) is 0 Å². The van der Waals surface area contributed by atoms with Crippen LogP contribution in [-0.4, -0.2) is 4.98 Å². The summed E-state index contributed by atoms with van der Waals surface area (Å²) in [7, 11) is 0. The molecule has 0 aliphatic rings. The first-order valence-electron chi connectivity index (χ1n) is 6.74. The van der Waals surface area contributed by atoms with Crippen molar-refractivity contribution in [1.29, 1.82) is 0 Å². The van der Waals surface area contributed by atoms with E-state index in [1.54, 1.807) is 11.3 Å². The van der Waals surface area contributed by atoms with Gasteiger partial charge in [0.1, 0.15) is 0 Å². The lowest BCUT2D eigenvalue weighted by Crippen LogP contribution is -2.17. The summed E-state index contributed by atoms with van der Waals surface area (Å²) >= 11 is 1.65. The van der Waals surface area contributed by atoms with Crippen molar-refractivity contribution in [2.45, 2.75) is 39.0 Å². The Hall–Kier alpha value is -1.40. The predicted molar refractivity (Wildman–Crippen MR) is 78.2 cm³/mol. The number of thiazole rings is 1. The van der Waals surface area contributed by atoms with Crippen molar-refractivity contribution in [3.05, 3.63) is 51.5 Å². The fourth-order valence-corrected chi connectivity index (χ4v) is 2.74. The van der Waals surface area contributed by atoms with Gasteiger partial charge in [0.25, 0.3) is 0 Å². The van der Waals surface area contributed by atoms with Crippen molar-refractivity contribution < 1.29 is 13.2 Å². The van der Waals surface area contributed by atoms with Gasteiger partial charge in [-0.2, -0.15) is 13.2 Å². The number of hydrogen-bond donors (Lipinski definition) is 1. The lowest BCUT2D eigenvalue weighted by Gasteiger charge is -2.14. The number of rotatable bonds is 5. The molecule has 1 N–H and O–H groups in total. The van der Waals surface area contributed by atoms with Crippen LogP contribution in [0.5, 0.6) is 0 Å². The second-order valence-corrected chi connectivity index (χ2v) is 6.00. The highest BCUT2D eigenvalue weighted by Crippen LogP contribution is 2.30. The monoisotopic (exact) mass is 314 g/mol. The number of aryl methyl sites for hydroxylation is 1. The van der Waals surface area contributed by atoms with Crippen molar-refractivity contribution in [2.75, 3.05) is 0 Å². The molecule has 0 saturated heterocycles. The molecule has 1 aromatic heterocycles. The normalized spacial score (nSPS) is 13.4. The largest absolute Gasteiger partial charge is 0.416 e. The highest BCUT2D eigenvalue weighted by atomic mass is 32.1. The van der Waals surface area contributed by atoms with Crippen LogP contribution < -0.4 is 5.32 Å². The van der Waals surface area contributed by atoms with Gasteiger partial charge in [0.05, 0.1) is 10.6 Å². The van der Waals surface area contributed by atoms with Gasteiger partial charge < -0.3 is 5.32 Å². The predicted octanol–water partition coefficient (Wildman–Crippen LogP) is 4.58. The highest BCUT2D eigenvalue weighted by Gasteiger charge is 2.30. The van der Waals surface area contributed by atoms with Gasteiger partial charge in [-0.05, 0) is 31.0 Å². The second kappa shape index (κ2) is 6.58. The Morgan fingerprint density at radius 1 is 1.24 bits per heavy atom. The van der Waals surface area contributed by atoms with Gasteiger partial charge in [-0.3, -0.25) is 0 Å². The van der Waals surface area contributed by atoms with Gasteiger partial charge in [-0.15, -0.1) is 11.3 Å². The smallest absolute Gasteiger partial charge is 0.305 e. The maximum atomic E-state index is 12.5. The van der Waals surface area contributed by atoms with Crippen LogP contribution in [0.15, 0.2) is 30.5 Å². The van der Waals surface area contributed by atoms with Gasteiger partial charge in [-0.1, -0.05) is 19.1 Å². The summed E-state index contributed by atoms with van der Waals surface area (Å²) in [6, 6.07) is 5.26. The molecule has 0 amide bonds. The molecule has 114 valence electrons. The maximum Gasteiger partial charge on any atom is 0.416 e. The molecule has 0 aliphatic heterocycles. The number of hydrogen-bond acceptors (Lipinski definition) is 3. The zero-order valence-electron chi connectivity index (χ0n) is 11.9. The Morgan fingerprint density at radius 3 is 2.43 bits per heavy atom. The Balaban J connectivity index is 1.95. The molecule has 2 aromatic rings. The van der Waals surface area contributed by atoms with Gasteiger partial charge >= 0.3 is 6.18 Å². The Morgan fingerprint density at radius 2 is 1.90 bits per heavy atom. The van der Waals surface area contributed by atoms with Gasteiger partial charge in [0, 0.05) is 23.7 Å². The van der Waals surface area contributed by atoms with Gasteiger partial charge in [0.15, 0.2) is 0 Å². The minimum Gasteiger partial charge on any atom is -0.305 e. The lowest BCUT2D eigenvalue weighted by atomic mass is 10.1. The van der Waals surface area contributed by atoms with Crippen LogP contribution in [0.1, 0.15) is 40.9 Å². The molecule has 0 bridgehead atoms. The van der Waals surface area contributed by atoms with E-state index < -0.39 is 11.7 Å². The summed E-state index contributed by atoms with van der Waals surface area (Å²) < 4.78 is 37.5. The zero-order chi connectivity index (χ0) is 15.5. The van der Waals surface area contributed by atoms with E-state index in [1.165, 1.54) is 12.1 Å². The molecule has 0 fully saturated rings. The van der Waals surface area contributed by atoms with E-state index >= 15 is 0 Å². The molecule has 2 rings (SSSR count). The van der Waals surface area contributed by atoms with Crippen molar-refractivity contribution >= 4 is 11.3 Å². The third-order valence-corrected chi connectivity index (χ3v) is 4.37. The van der Waals surface area contributed by atoms with E-state index in [9.17, 15) is 13.2 Å². The molecular weight excluding hydrogens is 297 g/mol. The van der Waals surface area contributed by atoms with Crippen LogP contribution in [0.4, 0.5) is 13.2 Å². The molecule has 0 radical (unpaired) electrons. The molecule has 0 aliphatic carbocycles. The average Bonchev–Trinajstić information content (AvgIpc) is 2.92. The van der Waals surface area contributed by atoms with Crippen LogP contribution in [0.2, 0.25) is 0 Å². The van der Waals surface area contributed by atoms with E-state index in [0.29, 0.717) is 6.54 Å². The van der Waals surface area contributed by atoms with E-state index in [4.69, 9.17) is 0 Å². The molecule has 1 atom stereocenters. The van der Waals surface area contributed by atoms with Crippen LogP contribution in [-0.2, 0) is 19.1 Å². The van der Waals surface area contributed by atoms with Crippen LogP contribution in [0, 0.1) is 0 Å². The third-order valence-electron chi connectivity index (χ3n) is 3.22. The Kier molecular flexibility index (Phi) is 5.00. The summed E-state index contributed by atoms with van der Waals surface area (Å²) in [6.07, 6.45) is -1.52. The topological polar surface area (TPSA) is 24.9 Å². The molecule has 6 heteroatoms. The quantitative estimate of drug-likeness (QED) is 0.874. The molecule has 21 heavy (non-hydrogen) atoms.